The third-order valence-corrected chi connectivity index (χ3v) is 6.45. The van der Waals surface area contributed by atoms with Crippen LogP contribution in [-0.2, 0) is 6.54 Å². The fraction of sp³-hybridized carbons (Fsp3) is 0.526. The number of rotatable bonds is 2. The first-order chi connectivity index (χ1) is 12.6. The van der Waals surface area contributed by atoms with Crippen molar-refractivity contribution in [3.8, 4) is 0 Å². The lowest BCUT2D eigenvalue weighted by atomic mass is 9.88. The fourth-order valence-electron chi connectivity index (χ4n) is 4.17. The first-order valence-corrected chi connectivity index (χ1v) is 10.0. The number of amides is 1. The quantitative estimate of drug-likeness (QED) is 0.733. The molecule has 1 atom stereocenters. The number of carbonyl (C=O) groups is 1. The predicted molar refractivity (Wildman–Crippen MR) is 102 cm³/mol. The molecule has 0 spiro atoms. The van der Waals surface area contributed by atoms with Crippen LogP contribution in [0.3, 0.4) is 0 Å². The first kappa shape index (κ1) is 17.8. The van der Waals surface area contributed by atoms with Gasteiger partial charge in [0, 0.05) is 19.0 Å². The van der Waals surface area contributed by atoms with Crippen molar-refractivity contribution in [1.29, 1.82) is 0 Å². The van der Waals surface area contributed by atoms with Gasteiger partial charge in [-0.1, -0.05) is 48.5 Å². The fourth-order valence-corrected chi connectivity index (χ4v) is 4.55. The van der Waals surface area contributed by atoms with Gasteiger partial charge in [-0.2, -0.15) is 0 Å². The molecule has 1 aliphatic carbocycles. The molecular formula is C19H22Cl2N4O. The summed E-state index contributed by atoms with van der Waals surface area (Å²) >= 11 is 12.3. The number of aromatic nitrogens is 3. The molecule has 7 heteroatoms. The first-order valence-electron chi connectivity index (χ1n) is 9.26. The van der Waals surface area contributed by atoms with Gasteiger partial charge in [-0.25, -0.2) is 0 Å². The van der Waals surface area contributed by atoms with Crippen molar-refractivity contribution in [2.45, 2.75) is 57.5 Å². The van der Waals surface area contributed by atoms with Gasteiger partial charge >= 0.3 is 0 Å². The highest BCUT2D eigenvalue weighted by Crippen LogP contribution is 2.35. The van der Waals surface area contributed by atoms with Gasteiger partial charge in [0.2, 0.25) is 0 Å². The molecule has 1 fully saturated rings. The van der Waals surface area contributed by atoms with E-state index in [0.717, 1.165) is 18.2 Å². The van der Waals surface area contributed by atoms with E-state index in [-0.39, 0.29) is 11.9 Å². The van der Waals surface area contributed by atoms with Crippen molar-refractivity contribution in [3.05, 3.63) is 45.5 Å². The van der Waals surface area contributed by atoms with Gasteiger partial charge in [0.1, 0.15) is 5.82 Å². The number of hydrogen-bond acceptors (Lipinski definition) is 3. The average Bonchev–Trinajstić information content (AvgIpc) is 3.09. The summed E-state index contributed by atoms with van der Waals surface area (Å²) in [4.78, 5) is 14.8. The molecule has 2 aliphatic rings. The standard InChI is InChI=1S/C19H22Cl2N4O/c1-12-17-22-23-18(13-6-3-2-4-7-13)25(17)11-10-24(12)19(26)14-8-5-9-15(20)16(14)21/h5,8-9,12-13H,2-4,6-7,10-11H2,1H3. The van der Waals surface area contributed by atoms with Crippen LogP contribution in [-0.4, -0.2) is 32.1 Å². The van der Waals surface area contributed by atoms with Crippen LogP contribution in [0.2, 0.25) is 10.0 Å². The van der Waals surface area contributed by atoms with Crippen molar-refractivity contribution in [1.82, 2.24) is 19.7 Å². The molecule has 1 unspecified atom stereocenters. The van der Waals surface area contributed by atoms with Crippen LogP contribution < -0.4 is 0 Å². The molecule has 26 heavy (non-hydrogen) atoms. The van der Waals surface area contributed by atoms with E-state index in [9.17, 15) is 4.79 Å². The highest BCUT2D eigenvalue weighted by molar-refractivity contribution is 6.43. The summed E-state index contributed by atoms with van der Waals surface area (Å²) in [6, 6.07) is 5.01. The Morgan fingerprint density at radius 2 is 1.81 bits per heavy atom. The summed E-state index contributed by atoms with van der Waals surface area (Å²) in [6.07, 6.45) is 6.22. The van der Waals surface area contributed by atoms with Crippen LogP contribution in [0.4, 0.5) is 0 Å². The normalized spacial score (nSPS) is 20.9. The molecule has 4 rings (SSSR count). The third kappa shape index (κ3) is 3.01. The van der Waals surface area contributed by atoms with Crippen LogP contribution in [0, 0.1) is 0 Å². The average molecular weight is 393 g/mol. The second-order valence-corrected chi connectivity index (χ2v) is 7.96. The van der Waals surface area contributed by atoms with Gasteiger partial charge < -0.3 is 9.47 Å². The maximum absolute atomic E-state index is 13.0. The zero-order valence-corrected chi connectivity index (χ0v) is 16.3. The molecule has 2 heterocycles. The summed E-state index contributed by atoms with van der Waals surface area (Å²) in [6.45, 7) is 3.34. The number of benzene rings is 1. The third-order valence-electron chi connectivity index (χ3n) is 5.63. The van der Waals surface area contributed by atoms with Crippen LogP contribution in [0.25, 0.3) is 0 Å². The Labute approximate surface area is 163 Å². The largest absolute Gasteiger partial charge is 0.327 e. The lowest BCUT2D eigenvalue weighted by Gasteiger charge is -2.35. The number of carbonyl (C=O) groups excluding carboxylic acids is 1. The Morgan fingerprint density at radius 3 is 2.58 bits per heavy atom. The number of fused-ring (bicyclic) bond motifs is 1. The Hall–Kier alpha value is -1.59. The van der Waals surface area contributed by atoms with Crippen molar-refractivity contribution in [2.75, 3.05) is 6.54 Å². The topological polar surface area (TPSA) is 51.0 Å². The molecule has 5 nitrogen and oxygen atoms in total. The van der Waals surface area contributed by atoms with Crippen molar-refractivity contribution < 1.29 is 4.79 Å². The van der Waals surface area contributed by atoms with Gasteiger partial charge in [-0.15, -0.1) is 10.2 Å². The van der Waals surface area contributed by atoms with Crippen LogP contribution in [0.15, 0.2) is 18.2 Å². The second kappa shape index (κ2) is 7.20. The van der Waals surface area contributed by atoms with Crippen molar-refractivity contribution in [3.63, 3.8) is 0 Å². The zero-order valence-electron chi connectivity index (χ0n) is 14.8. The summed E-state index contributed by atoms with van der Waals surface area (Å²) in [5, 5.41) is 9.64. The summed E-state index contributed by atoms with van der Waals surface area (Å²) in [5.74, 6) is 2.35. The minimum Gasteiger partial charge on any atom is -0.327 e. The molecule has 2 aromatic rings. The number of nitrogens with zero attached hydrogens (tertiary/aromatic N) is 4. The minimum absolute atomic E-state index is 0.113. The Morgan fingerprint density at radius 1 is 1.08 bits per heavy atom. The van der Waals surface area contributed by atoms with Crippen LogP contribution >= 0.6 is 23.2 Å². The van der Waals surface area contributed by atoms with Crippen LogP contribution in [0.1, 0.15) is 73.0 Å². The lowest BCUT2D eigenvalue weighted by molar-refractivity contribution is 0.0635. The van der Waals surface area contributed by atoms with E-state index < -0.39 is 0 Å². The lowest BCUT2D eigenvalue weighted by Crippen LogP contribution is -2.41. The molecule has 1 aromatic carbocycles. The Bertz CT molecular complexity index is 829. The molecule has 138 valence electrons. The molecule has 1 amide bonds. The molecule has 1 aromatic heterocycles. The van der Waals surface area contributed by atoms with E-state index in [0.29, 0.717) is 28.1 Å². The highest BCUT2D eigenvalue weighted by Gasteiger charge is 2.34. The van der Waals surface area contributed by atoms with Gasteiger partial charge in [0.15, 0.2) is 5.82 Å². The smallest absolute Gasteiger partial charge is 0.256 e. The Balaban J connectivity index is 1.60. The molecular weight excluding hydrogens is 371 g/mol. The molecule has 0 radical (unpaired) electrons. The second-order valence-electron chi connectivity index (χ2n) is 7.18. The molecule has 0 saturated heterocycles. The molecule has 0 bridgehead atoms. The van der Waals surface area contributed by atoms with E-state index in [2.05, 4.69) is 14.8 Å². The minimum atomic E-state index is -0.142. The zero-order chi connectivity index (χ0) is 18.3. The maximum Gasteiger partial charge on any atom is 0.256 e. The molecule has 1 aliphatic heterocycles. The van der Waals surface area contributed by atoms with E-state index >= 15 is 0 Å². The van der Waals surface area contributed by atoms with E-state index in [4.69, 9.17) is 23.2 Å². The van der Waals surface area contributed by atoms with Gasteiger partial charge in [-0.3, -0.25) is 4.79 Å². The molecule has 0 N–H and O–H groups in total. The Kier molecular flexibility index (Phi) is 4.93. The van der Waals surface area contributed by atoms with Crippen LogP contribution in [0.5, 0.6) is 0 Å². The van der Waals surface area contributed by atoms with E-state index in [1.54, 1.807) is 18.2 Å². The number of hydrogen-bond donors (Lipinski definition) is 0. The summed E-state index contributed by atoms with van der Waals surface area (Å²) < 4.78 is 2.23. The molecule has 1 saturated carbocycles. The van der Waals surface area contributed by atoms with Gasteiger partial charge in [0.25, 0.3) is 5.91 Å². The van der Waals surface area contributed by atoms with Crippen molar-refractivity contribution >= 4 is 29.1 Å². The van der Waals surface area contributed by atoms with Crippen molar-refractivity contribution in [2.24, 2.45) is 0 Å². The van der Waals surface area contributed by atoms with E-state index in [1.807, 2.05) is 11.8 Å². The maximum atomic E-state index is 13.0. The van der Waals surface area contributed by atoms with E-state index in [1.165, 1.54) is 32.1 Å². The van der Waals surface area contributed by atoms with Gasteiger partial charge in [-0.05, 0) is 31.9 Å². The highest BCUT2D eigenvalue weighted by atomic mass is 35.5. The number of halogens is 2. The summed E-state index contributed by atoms with van der Waals surface area (Å²) in [5.41, 5.74) is 0.437. The SMILES string of the molecule is CC1c2nnc(C3CCCCC3)n2CCN1C(=O)c1cccc(Cl)c1Cl. The monoisotopic (exact) mass is 392 g/mol. The summed E-state index contributed by atoms with van der Waals surface area (Å²) in [7, 11) is 0. The predicted octanol–water partition coefficient (Wildman–Crippen LogP) is 4.85. The van der Waals surface area contributed by atoms with Gasteiger partial charge in [0.05, 0.1) is 21.7 Å².